The average molecular weight is 554 g/mol. The molecule has 0 fully saturated rings. The summed E-state index contributed by atoms with van der Waals surface area (Å²) in [5.41, 5.74) is 1.09. The van der Waals surface area contributed by atoms with Gasteiger partial charge in [0.05, 0.1) is 11.4 Å². The molecule has 3 rings (SSSR count). The van der Waals surface area contributed by atoms with Gasteiger partial charge in [0, 0.05) is 23.6 Å². The summed E-state index contributed by atoms with van der Waals surface area (Å²) < 4.78 is 38.5. The number of sulfonamides is 1. The molecular formula is C23H28BrN3O6S. The molecule has 2 aromatic carbocycles. The Kier molecular flexibility index (Phi) is 8.42. The summed E-state index contributed by atoms with van der Waals surface area (Å²) in [6, 6.07) is 11.3. The number of nitrogens with zero attached hydrogens (tertiary/aromatic N) is 2. The number of ether oxygens (including phenoxy) is 2. The Bertz CT molecular complexity index is 1140. The predicted octanol–water partition coefficient (Wildman–Crippen LogP) is 2.89. The van der Waals surface area contributed by atoms with Crippen LogP contribution >= 0.6 is 15.9 Å². The van der Waals surface area contributed by atoms with Crippen molar-refractivity contribution >= 4 is 43.5 Å². The number of hydrogen-bond acceptors (Lipinski definition) is 6. The molecule has 0 unspecified atom stereocenters. The van der Waals surface area contributed by atoms with Crippen LogP contribution in [-0.4, -0.2) is 56.8 Å². The quantitative estimate of drug-likeness (QED) is 0.485. The summed E-state index contributed by atoms with van der Waals surface area (Å²) in [6.07, 6.45) is 0. The van der Waals surface area contributed by atoms with Gasteiger partial charge >= 0.3 is 0 Å². The Hall–Kier alpha value is -2.79. The van der Waals surface area contributed by atoms with Gasteiger partial charge in [-0.1, -0.05) is 28.1 Å². The number of fused-ring (bicyclic) bond motifs is 1. The second-order valence-electron chi connectivity index (χ2n) is 7.66. The van der Waals surface area contributed by atoms with Gasteiger partial charge in [0.25, 0.3) is 0 Å². The van der Waals surface area contributed by atoms with Crippen molar-refractivity contribution in [2.75, 3.05) is 29.9 Å². The minimum Gasteiger partial charge on any atom is -0.454 e. The number of anilines is 1. The highest BCUT2D eigenvalue weighted by molar-refractivity contribution is 9.10. The summed E-state index contributed by atoms with van der Waals surface area (Å²) in [4.78, 5) is 27.5. The van der Waals surface area contributed by atoms with Crippen molar-refractivity contribution in [1.82, 2.24) is 10.2 Å². The molecule has 1 heterocycles. The van der Waals surface area contributed by atoms with Gasteiger partial charge in [0.15, 0.2) is 11.5 Å². The Morgan fingerprint density at radius 2 is 1.76 bits per heavy atom. The van der Waals surface area contributed by atoms with Gasteiger partial charge in [0.1, 0.15) is 12.6 Å². The van der Waals surface area contributed by atoms with Crippen molar-refractivity contribution in [2.24, 2.45) is 0 Å². The van der Waals surface area contributed by atoms with Crippen molar-refractivity contribution in [3.63, 3.8) is 0 Å². The number of carbonyl (C=O) groups excluding carboxylic acids is 2. The van der Waals surface area contributed by atoms with E-state index in [1.165, 1.54) is 17.9 Å². The molecule has 0 aliphatic carbocycles. The third kappa shape index (κ3) is 6.01. The summed E-state index contributed by atoms with van der Waals surface area (Å²) in [5, 5.41) is 2.73. The second kappa shape index (κ2) is 11.1. The fraction of sp³-hybridized carbons (Fsp3) is 0.391. The van der Waals surface area contributed by atoms with Gasteiger partial charge in [-0.25, -0.2) is 8.42 Å². The van der Waals surface area contributed by atoms with E-state index in [-0.39, 0.29) is 30.7 Å². The van der Waals surface area contributed by atoms with E-state index in [9.17, 15) is 18.0 Å². The van der Waals surface area contributed by atoms with E-state index in [2.05, 4.69) is 21.2 Å². The average Bonchev–Trinajstić information content (AvgIpc) is 3.29. The fourth-order valence-corrected chi connectivity index (χ4v) is 4.77. The first-order chi connectivity index (χ1) is 16.2. The summed E-state index contributed by atoms with van der Waals surface area (Å²) >= 11 is 3.39. The minimum absolute atomic E-state index is 0.0449. The van der Waals surface area contributed by atoms with Crippen molar-refractivity contribution in [2.45, 2.75) is 33.4 Å². The maximum absolute atomic E-state index is 13.5. The molecule has 11 heteroatoms. The van der Waals surface area contributed by atoms with E-state index in [1.54, 1.807) is 26.0 Å². The van der Waals surface area contributed by atoms with Gasteiger partial charge in [-0.3, -0.25) is 13.9 Å². The first kappa shape index (κ1) is 25.8. The number of halogens is 1. The van der Waals surface area contributed by atoms with Crippen LogP contribution in [0, 0.1) is 0 Å². The maximum Gasteiger partial charge on any atom is 0.244 e. The number of likely N-dealkylation sites (N-methyl/N-ethyl adjacent to an activating group) is 1. The van der Waals surface area contributed by atoms with Crippen LogP contribution in [0.15, 0.2) is 46.9 Å². The Balaban J connectivity index is 1.93. The molecule has 0 saturated carbocycles. The van der Waals surface area contributed by atoms with E-state index in [1.807, 2.05) is 24.3 Å². The molecule has 2 amide bonds. The number of nitrogens with one attached hydrogen (secondary N) is 1. The first-order valence-electron chi connectivity index (χ1n) is 10.9. The fourth-order valence-electron chi connectivity index (χ4n) is 3.45. The largest absolute Gasteiger partial charge is 0.454 e. The smallest absolute Gasteiger partial charge is 0.244 e. The molecule has 0 radical (unpaired) electrons. The highest BCUT2D eigenvalue weighted by Crippen LogP contribution is 2.36. The van der Waals surface area contributed by atoms with E-state index in [0.29, 0.717) is 18.0 Å². The van der Waals surface area contributed by atoms with Gasteiger partial charge in [-0.2, -0.15) is 0 Å². The molecule has 1 atom stereocenters. The standard InChI is InChI=1S/C23H28BrN3O6S/c1-4-25-23(29)16(3)26(13-17-6-8-18(24)9-7-17)22(28)14-27(34(30,31)5-2)19-10-11-20-21(12-19)33-15-32-20/h6-12,16H,4-5,13-15H2,1-3H3,(H,25,29)/t16-/m1/s1. The number of amides is 2. The van der Waals surface area contributed by atoms with E-state index in [0.717, 1.165) is 14.3 Å². The topological polar surface area (TPSA) is 105 Å². The Morgan fingerprint density at radius 1 is 1.09 bits per heavy atom. The van der Waals surface area contributed by atoms with Crippen molar-refractivity contribution in [3.05, 3.63) is 52.5 Å². The van der Waals surface area contributed by atoms with Crippen LogP contribution < -0.4 is 19.1 Å². The summed E-state index contributed by atoms with van der Waals surface area (Å²) in [6.45, 7) is 5.07. The van der Waals surface area contributed by atoms with Gasteiger partial charge in [-0.05, 0) is 50.6 Å². The normalized spacial score (nSPS) is 13.3. The van der Waals surface area contributed by atoms with Crippen LogP contribution in [0.4, 0.5) is 5.69 Å². The molecule has 184 valence electrons. The van der Waals surface area contributed by atoms with Crippen LogP contribution in [0.3, 0.4) is 0 Å². The number of rotatable bonds is 10. The van der Waals surface area contributed by atoms with Crippen molar-refractivity contribution in [1.29, 1.82) is 0 Å². The molecule has 0 bridgehead atoms. The third-order valence-electron chi connectivity index (χ3n) is 5.41. The van der Waals surface area contributed by atoms with Crippen LogP contribution in [0.25, 0.3) is 0 Å². The Labute approximate surface area is 208 Å². The maximum atomic E-state index is 13.5. The lowest BCUT2D eigenvalue weighted by molar-refractivity contribution is -0.139. The van der Waals surface area contributed by atoms with E-state index in [4.69, 9.17) is 9.47 Å². The SMILES string of the molecule is CCNC(=O)[C@@H](C)N(Cc1ccc(Br)cc1)C(=O)CN(c1ccc2c(c1)OCO2)S(=O)(=O)CC. The highest BCUT2D eigenvalue weighted by atomic mass is 79.9. The molecule has 1 aliphatic rings. The highest BCUT2D eigenvalue weighted by Gasteiger charge is 2.31. The van der Waals surface area contributed by atoms with Crippen LogP contribution in [0.2, 0.25) is 0 Å². The van der Waals surface area contributed by atoms with Crippen molar-refractivity contribution < 1.29 is 27.5 Å². The van der Waals surface area contributed by atoms with Crippen LogP contribution in [0.5, 0.6) is 11.5 Å². The van der Waals surface area contributed by atoms with Gasteiger partial charge < -0.3 is 19.7 Å². The Morgan fingerprint density at radius 3 is 2.41 bits per heavy atom. The minimum atomic E-state index is -3.81. The molecule has 2 aromatic rings. The molecule has 1 aliphatic heterocycles. The molecule has 34 heavy (non-hydrogen) atoms. The lowest BCUT2D eigenvalue weighted by Crippen LogP contribution is -2.51. The second-order valence-corrected chi connectivity index (χ2v) is 10.8. The molecule has 1 N–H and O–H groups in total. The molecule has 0 aromatic heterocycles. The monoisotopic (exact) mass is 553 g/mol. The van der Waals surface area contributed by atoms with Crippen LogP contribution in [-0.2, 0) is 26.2 Å². The summed E-state index contributed by atoms with van der Waals surface area (Å²) in [5.74, 6) is -0.112. The molecule has 0 saturated heterocycles. The van der Waals surface area contributed by atoms with E-state index < -0.39 is 28.5 Å². The zero-order chi connectivity index (χ0) is 24.9. The number of hydrogen-bond donors (Lipinski definition) is 1. The van der Waals surface area contributed by atoms with Gasteiger partial charge in [-0.15, -0.1) is 0 Å². The van der Waals surface area contributed by atoms with E-state index >= 15 is 0 Å². The molecule has 9 nitrogen and oxygen atoms in total. The molecule has 0 spiro atoms. The van der Waals surface area contributed by atoms with Gasteiger partial charge in [0.2, 0.25) is 28.6 Å². The third-order valence-corrected chi connectivity index (χ3v) is 7.68. The lowest BCUT2D eigenvalue weighted by atomic mass is 10.1. The lowest BCUT2D eigenvalue weighted by Gasteiger charge is -2.31. The predicted molar refractivity (Wildman–Crippen MR) is 132 cm³/mol. The zero-order valence-corrected chi connectivity index (χ0v) is 21.7. The summed E-state index contributed by atoms with van der Waals surface area (Å²) in [7, 11) is -3.81. The molecular weight excluding hydrogens is 526 g/mol. The zero-order valence-electron chi connectivity index (χ0n) is 19.3. The van der Waals surface area contributed by atoms with Crippen molar-refractivity contribution in [3.8, 4) is 11.5 Å². The first-order valence-corrected chi connectivity index (χ1v) is 13.3. The number of carbonyl (C=O) groups is 2. The number of benzene rings is 2. The van der Waals surface area contributed by atoms with Crippen LogP contribution in [0.1, 0.15) is 26.3 Å².